The molecule has 0 unspecified atom stereocenters. The van der Waals surface area contributed by atoms with Crippen molar-refractivity contribution in [2.75, 3.05) is 17.9 Å². The zero-order chi connectivity index (χ0) is 26.5. The van der Waals surface area contributed by atoms with Crippen molar-refractivity contribution in [3.63, 3.8) is 0 Å². The average Bonchev–Trinajstić information content (AvgIpc) is 2.87. The maximum Gasteiger partial charge on any atom is 0.264 e. The minimum atomic E-state index is -4.22. The van der Waals surface area contributed by atoms with Crippen molar-refractivity contribution in [1.82, 2.24) is 10.2 Å². The first-order valence-electron chi connectivity index (χ1n) is 11.1. The molecule has 0 saturated carbocycles. The van der Waals surface area contributed by atoms with Gasteiger partial charge in [0, 0.05) is 13.6 Å². The smallest absolute Gasteiger partial charge is 0.264 e. The molecule has 2 amide bonds. The lowest BCUT2D eigenvalue weighted by atomic mass is 10.1. The topological polar surface area (TPSA) is 86.8 Å². The fraction of sp³-hybridized carbons (Fsp3) is 0.231. The van der Waals surface area contributed by atoms with Gasteiger partial charge in [-0.05, 0) is 43.7 Å². The van der Waals surface area contributed by atoms with Crippen molar-refractivity contribution < 1.29 is 18.0 Å². The van der Waals surface area contributed by atoms with Crippen LogP contribution >= 0.6 is 23.2 Å². The highest BCUT2D eigenvalue weighted by atomic mass is 35.5. The SMILES string of the molecule is CNC(=O)[C@H](C)N(Cc1ccccc1)C(=O)CN(c1cccc(Cl)c1Cl)S(=O)(=O)c1ccc(C)cc1. The molecule has 0 heterocycles. The molecule has 10 heteroatoms. The predicted octanol–water partition coefficient (Wildman–Crippen LogP) is 4.66. The highest BCUT2D eigenvalue weighted by Gasteiger charge is 2.33. The van der Waals surface area contributed by atoms with Gasteiger partial charge in [-0.2, -0.15) is 0 Å². The van der Waals surface area contributed by atoms with E-state index in [2.05, 4.69) is 5.32 Å². The number of benzene rings is 3. The normalized spacial score (nSPS) is 12.0. The largest absolute Gasteiger partial charge is 0.357 e. The number of hydrogen-bond acceptors (Lipinski definition) is 4. The number of nitrogens with zero attached hydrogens (tertiary/aromatic N) is 2. The first-order chi connectivity index (χ1) is 17.1. The van der Waals surface area contributed by atoms with Gasteiger partial charge in [0.05, 0.1) is 20.6 Å². The number of sulfonamides is 1. The zero-order valence-electron chi connectivity index (χ0n) is 20.1. The number of halogens is 2. The third-order valence-electron chi connectivity index (χ3n) is 5.70. The van der Waals surface area contributed by atoms with E-state index in [0.717, 1.165) is 15.4 Å². The van der Waals surface area contributed by atoms with Gasteiger partial charge in [-0.15, -0.1) is 0 Å². The van der Waals surface area contributed by atoms with Crippen LogP contribution in [0.3, 0.4) is 0 Å². The molecule has 0 spiro atoms. The van der Waals surface area contributed by atoms with E-state index in [1.807, 2.05) is 37.3 Å². The standard InChI is InChI=1S/C26H27Cl2N3O4S/c1-18-12-14-21(15-13-18)36(34,35)31(23-11-7-10-22(27)25(23)28)17-24(32)30(19(2)26(33)29-3)16-20-8-5-4-6-9-20/h4-15,19H,16-17H2,1-3H3,(H,29,33)/t19-/m0/s1. The second kappa shape index (κ2) is 11.8. The van der Waals surface area contributed by atoms with Crippen molar-refractivity contribution >= 4 is 50.7 Å². The van der Waals surface area contributed by atoms with Gasteiger partial charge < -0.3 is 10.2 Å². The maximum atomic E-state index is 13.8. The molecule has 1 atom stereocenters. The van der Waals surface area contributed by atoms with Gasteiger partial charge in [0.15, 0.2) is 0 Å². The van der Waals surface area contributed by atoms with E-state index in [0.29, 0.717) is 0 Å². The Kier molecular flexibility index (Phi) is 9.00. The van der Waals surface area contributed by atoms with E-state index in [-0.39, 0.29) is 33.1 Å². The van der Waals surface area contributed by atoms with Crippen LogP contribution in [0.2, 0.25) is 10.0 Å². The summed E-state index contributed by atoms with van der Waals surface area (Å²) in [7, 11) is -2.74. The van der Waals surface area contributed by atoms with Crippen molar-refractivity contribution in [1.29, 1.82) is 0 Å². The van der Waals surface area contributed by atoms with Crippen LogP contribution in [0.5, 0.6) is 0 Å². The third kappa shape index (κ3) is 6.19. The van der Waals surface area contributed by atoms with Crippen LogP contribution in [0.4, 0.5) is 5.69 Å². The minimum Gasteiger partial charge on any atom is -0.357 e. The Morgan fingerprint density at radius 1 is 0.944 bits per heavy atom. The van der Waals surface area contributed by atoms with E-state index in [1.165, 1.54) is 36.2 Å². The highest BCUT2D eigenvalue weighted by Crippen LogP contribution is 2.35. The van der Waals surface area contributed by atoms with Crippen molar-refractivity contribution in [2.24, 2.45) is 0 Å². The number of carbonyl (C=O) groups excluding carboxylic acids is 2. The van der Waals surface area contributed by atoms with E-state index in [1.54, 1.807) is 25.1 Å². The van der Waals surface area contributed by atoms with Crippen LogP contribution in [-0.4, -0.2) is 44.8 Å². The van der Waals surface area contributed by atoms with E-state index >= 15 is 0 Å². The Labute approximate surface area is 221 Å². The van der Waals surface area contributed by atoms with Crippen LogP contribution in [0.15, 0.2) is 77.7 Å². The number of aryl methyl sites for hydroxylation is 1. The molecule has 3 aromatic rings. The lowest BCUT2D eigenvalue weighted by molar-refractivity contribution is -0.139. The summed E-state index contributed by atoms with van der Waals surface area (Å²) in [6.07, 6.45) is 0. The number of carbonyl (C=O) groups is 2. The Hall–Kier alpha value is -3.07. The second-order valence-electron chi connectivity index (χ2n) is 8.20. The molecular formula is C26H27Cl2N3O4S. The number of hydrogen-bond donors (Lipinski definition) is 1. The first-order valence-corrected chi connectivity index (χ1v) is 13.3. The third-order valence-corrected chi connectivity index (χ3v) is 8.28. The lowest BCUT2D eigenvalue weighted by Crippen LogP contribution is -2.50. The lowest BCUT2D eigenvalue weighted by Gasteiger charge is -2.32. The van der Waals surface area contributed by atoms with Gasteiger partial charge in [-0.3, -0.25) is 13.9 Å². The van der Waals surface area contributed by atoms with E-state index in [9.17, 15) is 18.0 Å². The molecular weight excluding hydrogens is 521 g/mol. The molecule has 0 aromatic heterocycles. The van der Waals surface area contributed by atoms with Crippen molar-refractivity contribution in [2.45, 2.75) is 31.3 Å². The summed E-state index contributed by atoms with van der Waals surface area (Å²) in [5.74, 6) is -0.963. The number of anilines is 1. The van der Waals surface area contributed by atoms with Gasteiger partial charge in [0.25, 0.3) is 10.0 Å². The Bertz CT molecular complexity index is 1330. The molecule has 0 bridgehead atoms. The van der Waals surface area contributed by atoms with Gasteiger partial charge in [0.1, 0.15) is 12.6 Å². The Morgan fingerprint density at radius 2 is 1.58 bits per heavy atom. The molecule has 36 heavy (non-hydrogen) atoms. The summed E-state index contributed by atoms with van der Waals surface area (Å²) >= 11 is 12.6. The molecule has 190 valence electrons. The molecule has 0 aliphatic heterocycles. The van der Waals surface area contributed by atoms with E-state index in [4.69, 9.17) is 23.2 Å². The maximum absolute atomic E-state index is 13.8. The van der Waals surface area contributed by atoms with Gasteiger partial charge in [-0.1, -0.05) is 77.3 Å². The second-order valence-corrected chi connectivity index (χ2v) is 10.8. The van der Waals surface area contributed by atoms with Crippen molar-refractivity contribution in [3.8, 4) is 0 Å². The fourth-order valence-corrected chi connectivity index (χ4v) is 5.48. The summed E-state index contributed by atoms with van der Waals surface area (Å²) in [5, 5.41) is 2.69. The van der Waals surface area contributed by atoms with Crippen LogP contribution in [0.25, 0.3) is 0 Å². The first kappa shape index (κ1) is 27.5. The van der Waals surface area contributed by atoms with Crippen LogP contribution in [0.1, 0.15) is 18.1 Å². The van der Waals surface area contributed by atoms with Crippen LogP contribution in [-0.2, 0) is 26.2 Å². The minimum absolute atomic E-state index is 0.00314. The molecule has 0 aliphatic rings. The van der Waals surface area contributed by atoms with Crippen LogP contribution < -0.4 is 9.62 Å². The van der Waals surface area contributed by atoms with Gasteiger partial charge >= 0.3 is 0 Å². The molecule has 0 fully saturated rings. The Morgan fingerprint density at radius 3 is 2.19 bits per heavy atom. The summed E-state index contributed by atoms with van der Waals surface area (Å²) in [6, 6.07) is 19.1. The highest BCUT2D eigenvalue weighted by molar-refractivity contribution is 7.92. The monoisotopic (exact) mass is 547 g/mol. The average molecular weight is 548 g/mol. The predicted molar refractivity (Wildman–Crippen MR) is 143 cm³/mol. The molecule has 0 aliphatic carbocycles. The van der Waals surface area contributed by atoms with Gasteiger partial charge in [-0.25, -0.2) is 8.42 Å². The Balaban J connectivity index is 2.07. The number of amides is 2. The number of nitrogens with one attached hydrogen (secondary N) is 1. The molecule has 0 radical (unpaired) electrons. The molecule has 0 saturated heterocycles. The molecule has 3 aromatic carbocycles. The number of likely N-dealkylation sites (N-methyl/N-ethyl adjacent to an activating group) is 1. The molecule has 7 nitrogen and oxygen atoms in total. The van der Waals surface area contributed by atoms with E-state index < -0.39 is 28.5 Å². The summed E-state index contributed by atoms with van der Waals surface area (Å²) in [5.41, 5.74) is 1.73. The van der Waals surface area contributed by atoms with Crippen molar-refractivity contribution in [3.05, 3.63) is 94.0 Å². The summed E-state index contributed by atoms with van der Waals surface area (Å²) < 4.78 is 28.4. The van der Waals surface area contributed by atoms with Crippen LogP contribution in [0, 0.1) is 6.92 Å². The quantitative estimate of drug-likeness (QED) is 0.422. The number of rotatable bonds is 9. The zero-order valence-corrected chi connectivity index (χ0v) is 22.4. The summed E-state index contributed by atoms with van der Waals surface area (Å²) in [4.78, 5) is 27.5. The fourth-order valence-electron chi connectivity index (χ4n) is 3.61. The molecule has 1 N–H and O–H groups in total. The molecule has 3 rings (SSSR count). The van der Waals surface area contributed by atoms with Gasteiger partial charge in [0.2, 0.25) is 11.8 Å². The summed E-state index contributed by atoms with van der Waals surface area (Å²) in [6.45, 7) is 2.94.